The minimum absolute atomic E-state index is 0.824. The highest BCUT2D eigenvalue weighted by Gasteiger charge is 2.19. The van der Waals surface area contributed by atoms with E-state index in [-0.39, 0.29) is 0 Å². The van der Waals surface area contributed by atoms with Gasteiger partial charge in [-0.2, -0.15) is 11.8 Å². The summed E-state index contributed by atoms with van der Waals surface area (Å²) in [4.78, 5) is 0. The van der Waals surface area contributed by atoms with Crippen molar-refractivity contribution in [3.8, 4) is 0 Å². The van der Waals surface area contributed by atoms with Crippen LogP contribution >= 0.6 is 11.8 Å². The molecule has 1 saturated carbocycles. The van der Waals surface area contributed by atoms with Crippen molar-refractivity contribution >= 4 is 11.8 Å². The molecule has 0 radical (unpaired) electrons. The Hall–Kier alpha value is 0.310. The molecule has 0 aromatic heterocycles. The standard InChI is InChI=1S/C12H25NS/c1-10(2)11(3)14-9-5-4-8-13-12-6-7-12/h10-13H,4-9H2,1-3H3. The number of hydrogen-bond donors (Lipinski definition) is 1. The molecule has 1 nitrogen and oxygen atoms in total. The molecule has 0 aromatic carbocycles. The molecule has 1 unspecified atom stereocenters. The van der Waals surface area contributed by atoms with Crippen LogP contribution in [-0.4, -0.2) is 23.6 Å². The summed E-state index contributed by atoms with van der Waals surface area (Å²) >= 11 is 2.13. The van der Waals surface area contributed by atoms with Gasteiger partial charge in [0.2, 0.25) is 0 Å². The summed E-state index contributed by atoms with van der Waals surface area (Å²) in [5, 5.41) is 4.38. The molecule has 0 aliphatic heterocycles. The van der Waals surface area contributed by atoms with E-state index in [0.717, 1.165) is 17.2 Å². The Bertz CT molecular complexity index is 143. The highest BCUT2D eigenvalue weighted by Crippen LogP contribution is 2.20. The fourth-order valence-electron chi connectivity index (χ4n) is 1.28. The summed E-state index contributed by atoms with van der Waals surface area (Å²) in [6.45, 7) is 8.21. The normalized spacial score (nSPS) is 18.9. The van der Waals surface area contributed by atoms with Crippen molar-refractivity contribution in [1.29, 1.82) is 0 Å². The Morgan fingerprint density at radius 3 is 2.50 bits per heavy atom. The molecule has 0 amide bonds. The zero-order valence-corrected chi connectivity index (χ0v) is 10.7. The Balaban J connectivity index is 1.78. The zero-order chi connectivity index (χ0) is 10.4. The van der Waals surface area contributed by atoms with Crippen molar-refractivity contribution in [1.82, 2.24) is 5.32 Å². The van der Waals surface area contributed by atoms with E-state index in [9.17, 15) is 0 Å². The maximum Gasteiger partial charge on any atom is 0.00682 e. The lowest BCUT2D eigenvalue weighted by Crippen LogP contribution is -2.17. The fraction of sp³-hybridized carbons (Fsp3) is 1.00. The molecule has 1 rings (SSSR count). The molecule has 0 spiro atoms. The summed E-state index contributed by atoms with van der Waals surface area (Å²) in [6, 6.07) is 0.886. The van der Waals surface area contributed by atoms with Crippen molar-refractivity contribution in [2.24, 2.45) is 5.92 Å². The Morgan fingerprint density at radius 1 is 1.21 bits per heavy atom. The highest BCUT2D eigenvalue weighted by atomic mass is 32.2. The molecular formula is C12H25NS. The minimum Gasteiger partial charge on any atom is -0.314 e. The van der Waals surface area contributed by atoms with E-state index in [1.165, 1.54) is 38.0 Å². The third-order valence-electron chi connectivity index (χ3n) is 2.90. The lowest BCUT2D eigenvalue weighted by molar-refractivity contribution is 0.631. The molecule has 0 bridgehead atoms. The van der Waals surface area contributed by atoms with Crippen molar-refractivity contribution in [2.45, 2.75) is 57.7 Å². The summed E-state index contributed by atoms with van der Waals surface area (Å²) < 4.78 is 0. The van der Waals surface area contributed by atoms with E-state index >= 15 is 0 Å². The SMILES string of the molecule is CC(C)C(C)SCCCCNC1CC1. The Kier molecular flexibility index (Phi) is 5.95. The van der Waals surface area contributed by atoms with Crippen LogP contribution in [0.1, 0.15) is 46.5 Å². The maximum atomic E-state index is 3.56. The van der Waals surface area contributed by atoms with Crippen LogP contribution in [0.2, 0.25) is 0 Å². The van der Waals surface area contributed by atoms with Gasteiger partial charge in [-0.05, 0) is 43.9 Å². The van der Waals surface area contributed by atoms with Gasteiger partial charge < -0.3 is 5.32 Å². The lowest BCUT2D eigenvalue weighted by Gasteiger charge is -2.14. The average Bonchev–Trinajstić information content (AvgIpc) is 2.94. The predicted octanol–water partition coefficient (Wildman–Crippen LogP) is 3.30. The first kappa shape index (κ1) is 12.4. The van der Waals surface area contributed by atoms with Gasteiger partial charge in [0, 0.05) is 11.3 Å². The summed E-state index contributed by atoms with van der Waals surface area (Å²) in [6.07, 6.45) is 5.56. The van der Waals surface area contributed by atoms with Crippen LogP contribution < -0.4 is 5.32 Å². The van der Waals surface area contributed by atoms with Crippen molar-refractivity contribution < 1.29 is 0 Å². The van der Waals surface area contributed by atoms with Gasteiger partial charge in [-0.3, -0.25) is 0 Å². The molecule has 84 valence electrons. The van der Waals surface area contributed by atoms with Crippen LogP contribution in [0.5, 0.6) is 0 Å². The second-order valence-electron chi connectivity index (χ2n) is 4.76. The molecule has 0 saturated heterocycles. The number of nitrogens with one attached hydrogen (secondary N) is 1. The van der Waals surface area contributed by atoms with Crippen molar-refractivity contribution in [3.63, 3.8) is 0 Å². The first-order chi connectivity index (χ1) is 6.70. The summed E-state index contributed by atoms with van der Waals surface area (Å²) in [5.41, 5.74) is 0. The molecule has 14 heavy (non-hydrogen) atoms. The van der Waals surface area contributed by atoms with Crippen LogP contribution in [0.15, 0.2) is 0 Å². The van der Waals surface area contributed by atoms with Gasteiger partial charge in [0.25, 0.3) is 0 Å². The van der Waals surface area contributed by atoms with Crippen LogP contribution in [0.25, 0.3) is 0 Å². The maximum absolute atomic E-state index is 3.56. The molecule has 1 N–H and O–H groups in total. The number of thioether (sulfide) groups is 1. The van der Waals surface area contributed by atoms with Gasteiger partial charge in [0.1, 0.15) is 0 Å². The smallest absolute Gasteiger partial charge is 0.00682 e. The third kappa shape index (κ3) is 5.92. The monoisotopic (exact) mass is 215 g/mol. The van der Waals surface area contributed by atoms with E-state index in [2.05, 4.69) is 37.8 Å². The van der Waals surface area contributed by atoms with Crippen LogP contribution in [0.4, 0.5) is 0 Å². The number of hydrogen-bond acceptors (Lipinski definition) is 2. The number of rotatable bonds is 8. The second kappa shape index (κ2) is 6.73. The second-order valence-corrected chi connectivity index (χ2v) is 6.24. The van der Waals surface area contributed by atoms with Crippen molar-refractivity contribution in [3.05, 3.63) is 0 Å². The van der Waals surface area contributed by atoms with Crippen LogP contribution in [-0.2, 0) is 0 Å². The van der Waals surface area contributed by atoms with E-state index in [4.69, 9.17) is 0 Å². The van der Waals surface area contributed by atoms with E-state index < -0.39 is 0 Å². The van der Waals surface area contributed by atoms with Gasteiger partial charge in [-0.1, -0.05) is 20.8 Å². The molecule has 1 fully saturated rings. The first-order valence-corrected chi connectivity index (χ1v) is 7.10. The molecule has 0 aromatic rings. The summed E-state index contributed by atoms with van der Waals surface area (Å²) in [5.74, 6) is 2.16. The Labute approximate surface area is 93.4 Å². The zero-order valence-electron chi connectivity index (χ0n) is 9.88. The fourth-order valence-corrected chi connectivity index (χ4v) is 2.41. The van der Waals surface area contributed by atoms with Gasteiger partial charge in [-0.15, -0.1) is 0 Å². The average molecular weight is 215 g/mol. The topological polar surface area (TPSA) is 12.0 Å². The molecule has 2 heteroatoms. The highest BCUT2D eigenvalue weighted by molar-refractivity contribution is 7.99. The third-order valence-corrected chi connectivity index (χ3v) is 4.50. The van der Waals surface area contributed by atoms with Crippen molar-refractivity contribution in [2.75, 3.05) is 12.3 Å². The quantitative estimate of drug-likeness (QED) is 0.624. The molecule has 1 aliphatic carbocycles. The van der Waals surface area contributed by atoms with E-state index in [1.807, 2.05) is 0 Å². The van der Waals surface area contributed by atoms with Gasteiger partial charge in [0.15, 0.2) is 0 Å². The van der Waals surface area contributed by atoms with E-state index in [1.54, 1.807) is 0 Å². The molecule has 1 aliphatic rings. The van der Waals surface area contributed by atoms with Gasteiger partial charge >= 0.3 is 0 Å². The molecule has 1 atom stereocenters. The van der Waals surface area contributed by atoms with Gasteiger partial charge in [0.05, 0.1) is 0 Å². The molecular weight excluding hydrogens is 190 g/mol. The first-order valence-electron chi connectivity index (χ1n) is 6.05. The minimum atomic E-state index is 0.824. The van der Waals surface area contributed by atoms with Crippen LogP contribution in [0.3, 0.4) is 0 Å². The largest absolute Gasteiger partial charge is 0.314 e. The number of unbranched alkanes of at least 4 members (excludes halogenated alkanes) is 1. The molecule has 0 heterocycles. The van der Waals surface area contributed by atoms with Crippen LogP contribution in [0, 0.1) is 5.92 Å². The van der Waals surface area contributed by atoms with E-state index in [0.29, 0.717) is 0 Å². The predicted molar refractivity (Wildman–Crippen MR) is 67.0 cm³/mol. The lowest BCUT2D eigenvalue weighted by atomic mass is 10.2. The Morgan fingerprint density at radius 2 is 1.93 bits per heavy atom. The summed E-state index contributed by atoms with van der Waals surface area (Å²) in [7, 11) is 0. The van der Waals surface area contributed by atoms with Gasteiger partial charge in [-0.25, -0.2) is 0 Å².